The SMILES string of the molecule is Cc1ccc(C)c(-c2ccc3c(C4CCCC(C5CCC(c6cc7c(ccc(-c8cc(CCc9cc(C)cc(-c%10ccc%11c(C%12CCCC%12)c(F)ccc%11[n+]%10C)c9C)cc(C)c8C)[n+]7C)cc6F)C5)C4)cccc3[n+]2C)c1. The standard InChI is InChI=1S/C72H78F2N3/c1-43-20-21-45(3)60(35-43)68-31-27-58-57(18-13-19-66(58)75(68)7)54-17-12-16-52(39-54)53-24-25-55(40-53)63-42-71-56(41-65(63)74)26-30-69(77(71)9)62-38-49(37-46(4)47(62)5)22-23-51-34-44(2)36-61(48(51)6)70-32-28-59-67(76(70)8)33-29-64(73)72(59)50-14-10-11-15-50/h13,18-21,26-38,41-42,50,52-55H,10-12,14-17,22-25,39-40H2,1-9H3/q+3. The van der Waals surface area contributed by atoms with Crippen LogP contribution in [0.3, 0.4) is 0 Å². The van der Waals surface area contributed by atoms with Crippen molar-refractivity contribution in [2.45, 2.75) is 143 Å². The number of nitrogens with zero attached hydrogens (tertiary/aromatic N) is 3. The number of hydrogen-bond donors (Lipinski definition) is 0. The molecule has 0 saturated heterocycles. The molecule has 77 heavy (non-hydrogen) atoms. The van der Waals surface area contributed by atoms with Crippen LogP contribution in [-0.4, -0.2) is 0 Å². The number of benzene rings is 6. The highest BCUT2D eigenvalue weighted by atomic mass is 19.1. The predicted molar refractivity (Wildman–Crippen MR) is 313 cm³/mol. The lowest BCUT2D eigenvalue weighted by atomic mass is 9.71. The molecule has 3 aliphatic carbocycles. The first-order valence-electron chi connectivity index (χ1n) is 29.1. The van der Waals surface area contributed by atoms with Gasteiger partial charge in [0, 0.05) is 69.4 Å². The average Bonchev–Trinajstić information content (AvgIpc) is 4.18. The van der Waals surface area contributed by atoms with Crippen LogP contribution in [0.2, 0.25) is 0 Å². The Bertz CT molecular complexity index is 3800. The minimum absolute atomic E-state index is 0.0527. The fourth-order valence-electron chi connectivity index (χ4n) is 15.2. The van der Waals surface area contributed by atoms with E-state index in [1.807, 2.05) is 12.1 Å². The predicted octanol–water partition coefficient (Wildman–Crippen LogP) is 17.0. The second-order valence-corrected chi connectivity index (χ2v) is 24.3. The molecule has 3 aliphatic rings. The normalized spacial score (nSPS) is 19.1. The van der Waals surface area contributed by atoms with Gasteiger partial charge >= 0.3 is 0 Å². The molecule has 392 valence electrons. The summed E-state index contributed by atoms with van der Waals surface area (Å²) >= 11 is 0. The molecule has 5 heteroatoms. The Labute approximate surface area is 456 Å². The van der Waals surface area contributed by atoms with Gasteiger partial charge in [-0.25, -0.2) is 8.78 Å². The van der Waals surface area contributed by atoms with Gasteiger partial charge in [-0.2, -0.15) is 13.7 Å². The van der Waals surface area contributed by atoms with Crippen LogP contribution in [0.5, 0.6) is 0 Å². The summed E-state index contributed by atoms with van der Waals surface area (Å²) in [4.78, 5) is 0. The van der Waals surface area contributed by atoms with Crippen LogP contribution in [0.25, 0.3) is 66.5 Å². The van der Waals surface area contributed by atoms with Crippen molar-refractivity contribution >= 4 is 32.7 Å². The first-order valence-corrected chi connectivity index (χ1v) is 29.1. The smallest absolute Gasteiger partial charge is 0.207 e. The first-order chi connectivity index (χ1) is 37.2. The third-order valence-electron chi connectivity index (χ3n) is 19.7. The Morgan fingerprint density at radius 3 is 1.87 bits per heavy atom. The van der Waals surface area contributed by atoms with E-state index in [1.54, 1.807) is 6.07 Å². The minimum atomic E-state index is -0.0630. The first kappa shape index (κ1) is 51.2. The molecule has 3 nitrogen and oxygen atoms in total. The van der Waals surface area contributed by atoms with E-state index < -0.39 is 0 Å². The van der Waals surface area contributed by atoms with E-state index >= 15 is 8.78 Å². The third kappa shape index (κ3) is 9.38. The molecule has 6 aromatic carbocycles. The number of pyridine rings is 3. The van der Waals surface area contributed by atoms with Gasteiger partial charge in [0.1, 0.15) is 32.8 Å². The van der Waals surface area contributed by atoms with Crippen molar-refractivity contribution in [2.24, 2.45) is 33.0 Å². The minimum Gasteiger partial charge on any atom is -0.207 e. The van der Waals surface area contributed by atoms with Crippen molar-refractivity contribution in [2.75, 3.05) is 0 Å². The molecule has 0 spiro atoms. The van der Waals surface area contributed by atoms with Gasteiger partial charge in [-0.15, -0.1) is 0 Å². The van der Waals surface area contributed by atoms with Gasteiger partial charge in [0.15, 0.2) is 0 Å². The van der Waals surface area contributed by atoms with Crippen LogP contribution in [0.1, 0.15) is 150 Å². The third-order valence-corrected chi connectivity index (χ3v) is 19.7. The summed E-state index contributed by atoms with van der Waals surface area (Å²) in [6.07, 6.45) is 14.6. The van der Waals surface area contributed by atoms with Gasteiger partial charge in [0.2, 0.25) is 33.6 Å². The van der Waals surface area contributed by atoms with Crippen LogP contribution < -0.4 is 13.7 Å². The number of rotatable bonds is 10. The summed E-state index contributed by atoms with van der Waals surface area (Å²) in [5.74, 6) is 2.24. The van der Waals surface area contributed by atoms with Crippen LogP contribution in [-0.2, 0) is 34.0 Å². The fourth-order valence-corrected chi connectivity index (χ4v) is 15.2. The second kappa shape index (κ2) is 20.7. The highest BCUT2D eigenvalue weighted by Crippen LogP contribution is 2.50. The molecule has 12 rings (SSSR count). The Morgan fingerprint density at radius 1 is 0.442 bits per heavy atom. The Balaban J connectivity index is 0.774. The number of aryl methyl sites for hydroxylation is 9. The maximum atomic E-state index is 16.4. The molecule has 0 bridgehead atoms. The van der Waals surface area contributed by atoms with Crippen molar-refractivity contribution in [3.8, 4) is 33.8 Å². The van der Waals surface area contributed by atoms with Gasteiger partial charge in [-0.3, -0.25) is 0 Å². The zero-order valence-electron chi connectivity index (χ0n) is 47.2. The molecule has 9 aromatic rings. The van der Waals surface area contributed by atoms with E-state index in [1.165, 1.54) is 128 Å². The number of halogens is 2. The van der Waals surface area contributed by atoms with Crippen molar-refractivity contribution in [3.05, 3.63) is 194 Å². The van der Waals surface area contributed by atoms with Crippen molar-refractivity contribution in [1.29, 1.82) is 0 Å². The Hall–Kier alpha value is -6.59. The maximum Gasteiger partial charge on any atom is 0.213 e. The van der Waals surface area contributed by atoms with Gasteiger partial charge in [0.25, 0.3) is 0 Å². The van der Waals surface area contributed by atoms with Gasteiger partial charge in [-0.05, 0) is 228 Å². The lowest BCUT2D eigenvalue weighted by molar-refractivity contribution is -0.633. The molecule has 0 aliphatic heterocycles. The van der Waals surface area contributed by atoms with E-state index in [0.717, 1.165) is 82.8 Å². The molecule has 0 radical (unpaired) electrons. The van der Waals surface area contributed by atoms with Crippen LogP contribution in [0, 0.1) is 65.0 Å². The largest absolute Gasteiger partial charge is 0.213 e. The summed E-state index contributed by atoms with van der Waals surface area (Å²) in [5, 5.41) is 3.38. The molecule has 0 amide bonds. The quantitative estimate of drug-likeness (QED) is 0.121. The maximum absolute atomic E-state index is 16.4. The molecule has 3 heterocycles. The molecular weight excluding hydrogens is 945 g/mol. The Morgan fingerprint density at radius 2 is 1.09 bits per heavy atom. The highest BCUT2D eigenvalue weighted by molar-refractivity contribution is 5.84. The van der Waals surface area contributed by atoms with Crippen molar-refractivity contribution in [1.82, 2.24) is 0 Å². The zero-order chi connectivity index (χ0) is 53.4. The van der Waals surface area contributed by atoms with E-state index in [-0.39, 0.29) is 17.6 Å². The van der Waals surface area contributed by atoms with Gasteiger partial charge in [0.05, 0.1) is 5.39 Å². The molecule has 3 saturated carbocycles. The summed E-state index contributed by atoms with van der Waals surface area (Å²) in [5.41, 5.74) is 24.5. The topological polar surface area (TPSA) is 11.6 Å². The molecule has 4 atom stereocenters. The zero-order valence-corrected chi connectivity index (χ0v) is 47.2. The molecular formula is C72H78F2N3+3. The van der Waals surface area contributed by atoms with Crippen molar-refractivity contribution in [3.63, 3.8) is 0 Å². The van der Waals surface area contributed by atoms with Gasteiger partial charge < -0.3 is 0 Å². The molecule has 3 fully saturated rings. The molecule has 3 aromatic heterocycles. The average molecular weight is 1020 g/mol. The second-order valence-electron chi connectivity index (χ2n) is 24.3. The lowest BCUT2D eigenvalue weighted by Gasteiger charge is -2.33. The number of hydrogen-bond acceptors (Lipinski definition) is 0. The Kier molecular flexibility index (Phi) is 13.7. The summed E-state index contributed by atoms with van der Waals surface area (Å²) in [6.45, 7) is 13.4. The summed E-state index contributed by atoms with van der Waals surface area (Å²) < 4.78 is 38.9. The van der Waals surface area contributed by atoms with E-state index in [0.29, 0.717) is 23.7 Å². The van der Waals surface area contributed by atoms with Crippen LogP contribution in [0.4, 0.5) is 8.78 Å². The number of aromatic nitrogens is 3. The summed E-state index contributed by atoms with van der Waals surface area (Å²) in [6, 6.07) is 44.3. The van der Waals surface area contributed by atoms with E-state index in [4.69, 9.17) is 0 Å². The number of fused-ring (bicyclic) bond motifs is 3. The van der Waals surface area contributed by atoms with Crippen molar-refractivity contribution < 1.29 is 22.5 Å². The lowest BCUT2D eigenvalue weighted by Crippen LogP contribution is -2.32. The molecule has 0 N–H and O–H groups in total. The highest BCUT2D eigenvalue weighted by Gasteiger charge is 2.37. The fraction of sp³-hybridized carbons (Fsp3) is 0.375. The van der Waals surface area contributed by atoms with Gasteiger partial charge in [-0.1, -0.05) is 67.6 Å². The summed E-state index contributed by atoms with van der Waals surface area (Å²) in [7, 11) is 6.54. The van der Waals surface area contributed by atoms with Crippen LogP contribution in [0.15, 0.2) is 121 Å². The van der Waals surface area contributed by atoms with E-state index in [9.17, 15) is 0 Å². The molecule has 4 unspecified atom stereocenters. The monoisotopic (exact) mass is 1020 g/mol. The van der Waals surface area contributed by atoms with Crippen LogP contribution >= 0.6 is 0 Å². The van der Waals surface area contributed by atoms with E-state index in [2.05, 4.69) is 180 Å².